The first-order chi connectivity index (χ1) is 16.3. The molecule has 3 aliphatic carbocycles. The maximum atomic E-state index is 13.7. The van der Waals surface area contributed by atoms with Crippen molar-refractivity contribution in [3.05, 3.63) is 24.3 Å². The van der Waals surface area contributed by atoms with Gasteiger partial charge in [0.25, 0.3) is 0 Å². The third kappa shape index (κ3) is 4.09. The highest BCUT2D eigenvalue weighted by atomic mass is 16.7. The van der Waals surface area contributed by atoms with Crippen LogP contribution in [0.5, 0.6) is 0 Å². The van der Waals surface area contributed by atoms with Crippen molar-refractivity contribution in [2.75, 3.05) is 6.61 Å². The highest BCUT2D eigenvalue weighted by molar-refractivity contribution is 5.78. The number of ether oxygens (including phenoxy) is 2. The summed E-state index contributed by atoms with van der Waals surface area (Å²) in [7, 11) is 0. The number of esters is 1. The van der Waals surface area contributed by atoms with E-state index >= 15 is 0 Å². The second kappa shape index (κ2) is 9.20. The summed E-state index contributed by atoms with van der Waals surface area (Å²) in [5, 5.41) is 61.9. The number of allylic oxidation sites excluding steroid dienone is 3. The Morgan fingerprint density at radius 3 is 2.49 bits per heavy atom. The third-order valence-corrected chi connectivity index (χ3v) is 9.62. The number of aliphatic hydroxyl groups excluding tert-OH is 6. The van der Waals surface area contributed by atoms with Gasteiger partial charge >= 0.3 is 5.97 Å². The molecule has 1 saturated heterocycles. The Labute approximate surface area is 206 Å². The monoisotopic (exact) mass is 496 g/mol. The summed E-state index contributed by atoms with van der Waals surface area (Å²) < 4.78 is 10.9. The van der Waals surface area contributed by atoms with Crippen molar-refractivity contribution < 1.29 is 44.9 Å². The largest absolute Gasteiger partial charge is 0.432 e. The number of aliphatic hydroxyl groups is 6. The molecule has 0 aromatic heterocycles. The first kappa shape index (κ1) is 26.7. The predicted molar refractivity (Wildman–Crippen MR) is 125 cm³/mol. The van der Waals surface area contributed by atoms with Gasteiger partial charge in [-0.05, 0) is 61.7 Å². The average Bonchev–Trinajstić information content (AvgIpc) is 2.82. The van der Waals surface area contributed by atoms with Gasteiger partial charge in [-0.2, -0.15) is 0 Å². The molecule has 1 heterocycles. The molecule has 0 amide bonds. The lowest BCUT2D eigenvalue weighted by atomic mass is 9.44. The van der Waals surface area contributed by atoms with E-state index in [1.807, 2.05) is 6.08 Å². The van der Waals surface area contributed by atoms with E-state index in [0.29, 0.717) is 12.8 Å². The van der Waals surface area contributed by atoms with E-state index in [2.05, 4.69) is 26.5 Å². The first-order valence-electron chi connectivity index (χ1n) is 12.5. The van der Waals surface area contributed by atoms with Gasteiger partial charge in [0.15, 0.2) is 0 Å². The second-order valence-electron chi connectivity index (χ2n) is 11.8. The lowest BCUT2D eigenvalue weighted by Gasteiger charge is -2.61. The smallest absolute Gasteiger partial charge is 0.317 e. The number of hydrogen-bond donors (Lipinski definition) is 6. The summed E-state index contributed by atoms with van der Waals surface area (Å²) in [6.45, 7) is 9.18. The van der Waals surface area contributed by atoms with Crippen LogP contribution in [-0.2, 0) is 14.3 Å². The molecule has 198 valence electrons. The lowest BCUT2D eigenvalue weighted by molar-refractivity contribution is -0.300. The van der Waals surface area contributed by atoms with Crippen molar-refractivity contribution in [2.24, 2.45) is 28.1 Å². The van der Waals surface area contributed by atoms with Crippen LogP contribution in [0.3, 0.4) is 0 Å². The summed E-state index contributed by atoms with van der Waals surface area (Å²) in [6.07, 6.45) is -2.77. The van der Waals surface area contributed by atoms with Crippen LogP contribution in [0.1, 0.15) is 52.9 Å². The van der Waals surface area contributed by atoms with Crippen molar-refractivity contribution in [1.82, 2.24) is 0 Å². The van der Waals surface area contributed by atoms with Gasteiger partial charge in [-0.1, -0.05) is 31.6 Å². The molecule has 3 fully saturated rings. The van der Waals surface area contributed by atoms with Crippen LogP contribution in [0.25, 0.3) is 0 Å². The minimum atomic E-state index is -1.75. The second-order valence-corrected chi connectivity index (χ2v) is 11.8. The van der Waals surface area contributed by atoms with Crippen molar-refractivity contribution in [3.8, 4) is 0 Å². The molecule has 0 bridgehead atoms. The number of carbonyl (C=O) groups is 1. The number of rotatable bonds is 4. The Kier molecular flexibility index (Phi) is 7.03. The fraction of sp³-hybridized carbons (Fsp3) is 0.808. The highest BCUT2D eigenvalue weighted by Crippen LogP contribution is 2.64. The molecular formula is C26H40O9. The van der Waals surface area contributed by atoms with Gasteiger partial charge < -0.3 is 40.1 Å². The van der Waals surface area contributed by atoms with E-state index in [9.17, 15) is 35.4 Å². The van der Waals surface area contributed by atoms with Gasteiger partial charge in [0, 0.05) is 0 Å². The molecular weight excluding hydrogens is 456 g/mol. The fourth-order valence-corrected chi connectivity index (χ4v) is 7.30. The summed E-state index contributed by atoms with van der Waals surface area (Å²) in [5.74, 6) is -1.09. The van der Waals surface area contributed by atoms with Gasteiger partial charge in [0.05, 0.1) is 24.2 Å². The molecule has 9 nitrogen and oxygen atoms in total. The Morgan fingerprint density at radius 1 is 1.17 bits per heavy atom. The SMILES string of the molecule is C=C[C@@]1(C)CC[C@H]2C(=CCC3[C@]2(C)C[C@@H](O)[C@H](O)[C@]3(C)C(=O)OC2OC(CO)C(O)C(O)C2O)C1. The van der Waals surface area contributed by atoms with Gasteiger partial charge in [-0.15, -0.1) is 6.58 Å². The molecule has 0 spiro atoms. The van der Waals surface area contributed by atoms with Crippen LogP contribution < -0.4 is 0 Å². The number of carbonyl (C=O) groups excluding carboxylic acids is 1. The molecule has 35 heavy (non-hydrogen) atoms. The Morgan fingerprint density at radius 2 is 1.86 bits per heavy atom. The molecule has 2 saturated carbocycles. The van der Waals surface area contributed by atoms with Gasteiger partial charge in [0.1, 0.15) is 24.4 Å². The summed E-state index contributed by atoms with van der Waals surface area (Å²) in [5.41, 5.74) is -0.699. The maximum Gasteiger partial charge on any atom is 0.317 e. The van der Waals surface area contributed by atoms with Gasteiger partial charge in [-0.25, -0.2) is 0 Å². The molecule has 4 aliphatic rings. The first-order valence-corrected chi connectivity index (χ1v) is 12.5. The fourth-order valence-electron chi connectivity index (χ4n) is 7.30. The Balaban J connectivity index is 1.64. The predicted octanol–water partition coefficient (Wildman–Crippen LogP) is 0.406. The summed E-state index contributed by atoms with van der Waals surface area (Å²) >= 11 is 0. The molecule has 6 unspecified atom stereocenters. The van der Waals surface area contributed by atoms with E-state index in [1.165, 1.54) is 5.57 Å². The lowest BCUT2D eigenvalue weighted by Crippen LogP contribution is -2.65. The topological polar surface area (TPSA) is 157 Å². The van der Waals surface area contributed by atoms with Crippen molar-refractivity contribution in [1.29, 1.82) is 0 Å². The van der Waals surface area contributed by atoms with E-state index < -0.39 is 66.3 Å². The van der Waals surface area contributed by atoms with Crippen LogP contribution in [0, 0.1) is 28.1 Å². The van der Waals surface area contributed by atoms with Crippen LogP contribution in [0.4, 0.5) is 0 Å². The minimum Gasteiger partial charge on any atom is -0.432 e. The van der Waals surface area contributed by atoms with Crippen LogP contribution in [0.2, 0.25) is 0 Å². The number of hydrogen-bond acceptors (Lipinski definition) is 9. The third-order valence-electron chi connectivity index (χ3n) is 9.62. The van der Waals surface area contributed by atoms with Crippen LogP contribution in [0.15, 0.2) is 24.3 Å². The zero-order valence-corrected chi connectivity index (χ0v) is 20.7. The quantitative estimate of drug-likeness (QED) is 0.240. The van der Waals surface area contributed by atoms with E-state index in [1.54, 1.807) is 6.92 Å². The molecule has 0 radical (unpaired) electrons. The molecule has 0 aromatic carbocycles. The minimum absolute atomic E-state index is 0.00364. The average molecular weight is 497 g/mol. The zero-order chi connectivity index (χ0) is 25.9. The molecule has 12 atom stereocenters. The standard InChI is InChI=1S/C26H40O9/c1-5-24(2)9-8-14-13(10-24)6-7-17-25(14,3)11-15(28)21(32)26(17,4)23(33)35-22-20(31)19(30)18(29)16(12-27)34-22/h5-6,14-22,27-32H,1,7-12H2,2-4H3/t14-,15+,16?,17?,18?,19?,20?,21-,22?,24-,25+,26+/m0/s1. The molecule has 6 N–H and O–H groups in total. The Hall–Kier alpha value is -1.33. The van der Waals surface area contributed by atoms with Crippen LogP contribution >= 0.6 is 0 Å². The van der Waals surface area contributed by atoms with Crippen LogP contribution in [-0.4, -0.2) is 86.1 Å². The number of fused-ring (bicyclic) bond motifs is 3. The van der Waals surface area contributed by atoms with Gasteiger partial charge in [-0.3, -0.25) is 4.79 Å². The van der Waals surface area contributed by atoms with Gasteiger partial charge in [0.2, 0.25) is 6.29 Å². The molecule has 9 heteroatoms. The van der Waals surface area contributed by atoms with E-state index in [4.69, 9.17) is 9.47 Å². The summed E-state index contributed by atoms with van der Waals surface area (Å²) in [6, 6.07) is 0. The molecule has 0 aromatic rings. The van der Waals surface area contributed by atoms with Crippen molar-refractivity contribution in [2.45, 2.75) is 95.8 Å². The normalized spacial score (nSPS) is 52.0. The van der Waals surface area contributed by atoms with Crippen molar-refractivity contribution >= 4 is 5.97 Å². The summed E-state index contributed by atoms with van der Waals surface area (Å²) in [4.78, 5) is 13.7. The molecule has 4 rings (SSSR count). The molecule has 1 aliphatic heterocycles. The maximum absolute atomic E-state index is 13.7. The van der Waals surface area contributed by atoms with E-state index in [0.717, 1.165) is 19.3 Å². The highest BCUT2D eigenvalue weighted by Gasteiger charge is 2.65. The van der Waals surface area contributed by atoms with E-state index in [-0.39, 0.29) is 17.3 Å². The Bertz CT molecular complexity index is 873. The zero-order valence-electron chi connectivity index (χ0n) is 20.7. The van der Waals surface area contributed by atoms with Crippen molar-refractivity contribution in [3.63, 3.8) is 0 Å².